The van der Waals surface area contributed by atoms with Crippen LogP contribution in [0.3, 0.4) is 0 Å². The number of carboxylic acids is 1. The molecule has 7 heteroatoms. The molecule has 0 unspecified atom stereocenters. The lowest BCUT2D eigenvalue weighted by molar-refractivity contribution is -0.129. The molecule has 1 N–H and O–H groups in total. The van der Waals surface area contributed by atoms with E-state index in [4.69, 9.17) is 0 Å². The number of carbonyl (C=O) groups is 2. The zero-order valence-electron chi connectivity index (χ0n) is 22.6. The van der Waals surface area contributed by atoms with E-state index in [0.717, 1.165) is 47.9 Å². The van der Waals surface area contributed by atoms with Crippen LogP contribution in [0.4, 0.5) is 17.1 Å². The number of nitrogens with zero attached hydrogens (tertiary/aromatic N) is 4. The number of benzene rings is 4. The van der Waals surface area contributed by atoms with E-state index in [-0.39, 0.29) is 11.3 Å². The first kappa shape index (κ1) is 24.8. The quantitative estimate of drug-likeness (QED) is 0.250. The van der Waals surface area contributed by atoms with Crippen molar-refractivity contribution in [3.05, 3.63) is 108 Å². The Hall–Kier alpha value is -5.17. The number of aliphatic carboxylic acids is 1. The van der Waals surface area contributed by atoms with Crippen LogP contribution in [0.5, 0.6) is 0 Å². The monoisotopic (exact) mass is 540 g/mol. The van der Waals surface area contributed by atoms with Gasteiger partial charge in [-0.15, -0.1) is 0 Å². The van der Waals surface area contributed by atoms with E-state index in [9.17, 15) is 14.7 Å². The second-order valence-corrected chi connectivity index (χ2v) is 10.4. The number of aromatic nitrogens is 1. The number of hydrogen-bond donors (Lipinski definition) is 1. The molecule has 7 nitrogen and oxygen atoms in total. The topological polar surface area (TPSA) is 78.1 Å². The Labute approximate surface area is 237 Å². The van der Waals surface area contributed by atoms with Crippen molar-refractivity contribution in [2.24, 2.45) is 5.10 Å². The van der Waals surface area contributed by atoms with Gasteiger partial charge in [-0.2, -0.15) is 10.1 Å². The van der Waals surface area contributed by atoms with Gasteiger partial charge in [-0.3, -0.25) is 4.79 Å². The van der Waals surface area contributed by atoms with E-state index < -0.39 is 11.9 Å². The minimum atomic E-state index is -1.23. The van der Waals surface area contributed by atoms with Crippen molar-refractivity contribution in [3.63, 3.8) is 0 Å². The van der Waals surface area contributed by atoms with Gasteiger partial charge in [-0.1, -0.05) is 48.5 Å². The normalized spacial score (nSPS) is 16.1. The third-order valence-corrected chi connectivity index (χ3v) is 8.00. The maximum absolute atomic E-state index is 13.2. The fourth-order valence-corrected chi connectivity index (χ4v) is 6.13. The summed E-state index contributed by atoms with van der Waals surface area (Å²) in [5.41, 5.74) is 7.04. The van der Waals surface area contributed by atoms with Crippen LogP contribution in [-0.2, 0) is 22.6 Å². The molecule has 4 aromatic carbocycles. The molecule has 2 aliphatic heterocycles. The Morgan fingerprint density at radius 2 is 1.68 bits per heavy atom. The van der Waals surface area contributed by atoms with Crippen LogP contribution >= 0.6 is 0 Å². The minimum Gasteiger partial charge on any atom is -0.476 e. The van der Waals surface area contributed by atoms with Crippen molar-refractivity contribution in [3.8, 4) is 0 Å². The maximum atomic E-state index is 13.2. The van der Waals surface area contributed by atoms with Crippen LogP contribution in [0.2, 0.25) is 0 Å². The smallest absolute Gasteiger partial charge is 0.357 e. The predicted octanol–water partition coefficient (Wildman–Crippen LogP) is 6.77. The molecule has 41 heavy (non-hydrogen) atoms. The lowest BCUT2D eigenvalue weighted by atomic mass is 9.97. The van der Waals surface area contributed by atoms with Crippen molar-refractivity contribution in [1.29, 1.82) is 0 Å². The molecule has 0 spiro atoms. The van der Waals surface area contributed by atoms with Crippen LogP contribution < -0.4 is 9.91 Å². The van der Waals surface area contributed by atoms with Gasteiger partial charge in [0.2, 0.25) is 0 Å². The van der Waals surface area contributed by atoms with Gasteiger partial charge in [0.1, 0.15) is 0 Å². The van der Waals surface area contributed by atoms with Crippen LogP contribution in [0, 0.1) is 0 Å². The molecule has 0 radical (unpaired) electrons. The molecule has 2 aliphatic rings. The van der Waals surface area contributed by atoms with E-state index in [2.05, 4.69) is 76.1 Å². The summed E-state index contributed by atoms with van der Waals surface area (Å²) in [4.78, 5) is 27.6. The molecule has 0 aliphatic carbocycles. The number of hydrogen-bond acceptors (Lipinski definition) is 4. The van der Waals surface area contributed by atoms with Gasteiger partial charge in [0.15, 0.2) is 5.71 Å². The number of carbonyl (C=O) groups excluding carboxylic acids is 1. The first-order chi connectivity index (χ1) is 20.0. The predicted molar refractivity (Wildman–Crippen MR) is 164 cm³/mol. The average molecular weight is 541 g/mol. The van der Waals surface area contributed by atoms with Crippen molar-refractivity contribution >= 4 is 62.5 Å². The minimum absolute atomic E-state index is 0.0758. The molecule has 0 bridgehead atoms. The van der Waals surface area contributed by atoms with Crippen LogP contribution in [-0.4, -0.2) is 33.8 Å². The van der Waals surface area contributed by atoms with E-state index in [1.165, 1.54) is 27.4 Å². The summed E-state index contributed by atoms with van der Waals surface area (Å²) in [7, 11) is 0. The summed E-state index contributed by atoms with van der Waals surface area (Å²) >= 11 is 0. The summed E-state index contributed by atoms with van der Waals surface area (Å²) in [6, 6.07) is 30.2. The molecule has 7 rings (SSSR count). The highest BCUT2D eigenvalue weighted by Gasteiger charge is 2.35. The Bertz CT molecular complexity index is 1920. The molecular formula is C34H28N4O3. The largest absolute Gasteiger partial charge is 0.476 e. The zero-order chi connectivity index (χ0) is 28.1. The summed E-state index contributed by atoms with van der Waals surface area (Å²) in [5.74, 6) is -1.68. The molecular weight excluding hydrogens is 512 g/mol. The molecule has 202 valence electrons. The van der Waals surface area contributed by atoms with Gasteiger partial charge < -0.3 is 14.6 Å². The number of anilines is 3. The number of amides is 1. The summed E-state index contributed by atoms with van der Waals surface area (Å²) in [6.07, 6.45) is 3.54. The molecule has 0 atom stereocenters. The number of aryl methyl sites for hydroxylation is 2. The molecule has 3 heterocycles. The standard InChI is InChI=1S/C34H28N4O3/c1-2-36-30-13-7-6-12-26(30)27-16-15-25(21-31(27)36)37-18-8-9-23-19-22(14-17-29(23)37)20-28-32(34(40)41)35-38(33(28)39)24-10-4-3-5-11-24/h3-7,10-17,19-21H,2,8-9,18H2,1H3,(H,40,41)/b28-20-. The van der Waals surface area contributed by atoms with Gasteiger partial charge in [0.05, 0.1) is 16.8 Å². The fourth-order valence-electron chi connectivity index (χ4n) is 6.13. The Kier molecular flexibility index (Phi) is 5.93. The highest BCUT2D eigenvalue weighted by atomic mass is 16.4. The SMILES string of the molecule is CCn1c2ccccc2c2ccc(N3CCCc4cc(/C=C5\C(=O)N(c6ccccc6)N=C5C(=O)O)ccc43)cc21. The molecule has 0 fully saturated rings. The highest BCUT2D eigenvalue weighted by molar-refractivity contribution is 6.53. The Morgan fingerprint density at radius 1 is 0.902 bits per heavy atom. The first-order valence-electron chi connectivity index (χ1n) is 13.9. The molecule has 1 aromatic heterocycles. The summed E-state index contributed by atoms with van der Waals surface area (Å²) < 4.78 is 2.37. The highest BCUT2D eigenvalue weighted by Crippen LogP contribution is 2.38. The van der Waals surface area contributed by atoms with Gasteiger partial charge in [-0.25, -0.2) is 4.79 Å². The van der Waals surface area contributed by atoms with E-state index >= 15 is 0 Å². The zero-order valence-corrected chi connectivity index (χ0v) is 22.6. The van der Waals surface area contributed by atoms with Crippen molar-refractivity contribution < 1.29 is 14.7 Å². The van der Waals surface area contributed by atoms with Gasteiger partial charge in [-0.05, 0) is 79.4 Å². The number of fused-ring (bicyclic) bond motifs is 4. The van der Waals surface area contributed by atoms with E-state index in [1.54, 1.807) is 30.3 Å². The van der Waals surface area contributed by atoms with Crippen molar-refractivity contribution in [2.75, 3.05) is 16.5 Å². The lowest BCUT2D eigenvalue weighted by Crippen LogP contribution is -2.24. The number of hydrazone groups is 1. The summed E-state index contributed by atoms with van der Waals surface area (Å²) in [6.45, 7) is 3.98. The van der Waals surface area contributed by atoms with E-state index in [1.807, 2.05) is 12.1 Å². The van der Waals surface area contributed by atoms with E-state index in [0.29, 0.717) is 5.69 Å². The van der Waals surface area contributed by atoms with Gasteiger partial charge in [0, 0.05) is 40.8 Å². The maximum Gasteiger partial charge on any atom is 0.357 e. The van der Waals surface area contributed by atoms with Crippen LogP contribution in [0.15, 0.2) is 102 Å². The average Bonchev–Trinajstić information content (AvgIpc) is 3.51. The third-order valence-electron chi connectivity index (χ3n) is 8.00. The van der Waals surface area contributed by atoms with Gasteiger partial charge in [0.25, 0.3) is 5.91 Å². The van der Waals surface area contributed by atoms with Crippen molar-refractivity contribution in [1.82, 2.24) is 4.57 Å². The Morgan fingerprint density at radius 3 is 2.49 bits per heavy atom. The molecule has 0 saturated heterocycles. The number of carboxylic acid groups (broad SMARTS) is 1. The molecule has 1 amide bonds. The van der Waals surface area contributed by atoms with Crippen molar-refractivity contribution in [2.45, 2.75) is 26.3 Å². The number of rotatable bonds is 5. The van der Waals surface area contributed by atoms with Gasteiger partial charge >= 0.3 is 5.97 Å². The second kappa shape index (κ2) is 9.78. The lowest BCUT2D eigenvalue weighted by Gasteiger charge is -2.32. The molecule has 5 aromatic rings. The van der Waals surface area contributed by atoms with Crippen LogP contribution in [0.1, 0.15) is 24.5 Å². The molecule has 0 saturated carbocycles. The third kappa shape index (κ3) is 4.09. The summed E-state index contributed by atoms with van der Waals surface area (Å²) in [5, 5.41) is 17.6. The fraction of sp³-hybridized carbons (Fsp3) is 0.147. The second-order valence-electron chi connectivity index (χ2n) is 10.4. The first-order valence-corrected chi connectivity index (χ1v) is 13.9. The number of para-hydroxylation sites is 2. The Balaban J connectivity index is 1.25. The van der Waals surface area contributed by atoms with Crippen LogP contribution in [0.25, 0.3) is 27.9 Å².